The standard InChI is InChI=1S/C32H28Si/c1-3-19-33(20-4-2,31-17-9-15-27-25-13-7-5-11-23(25)21-29(27)31)32-18-10-16-28-26-14-8-6-12-24(26)22-30(28)32/h3-18H,1-2,19-22H2. The molecule has 0 bridgehead atoms. The van der Waals surface area contributed by atoms with Crippen molar-refractivity contribution in [2.45, 2.75) is 24.9 Å². The maximum atomic E-state index is 4.25. The number of fused-ring (bicyclic) bond motifs is 6. The van der Waals surface area contributed by atoms with E-state index in [1.807, 2.05) is 0 Å². The minimum atomic E-state index is -2.18. The van der Waals surface area contributed by atoms with Gasteiger partial charge in [-0.3, -0.25) is 0 Å². The Hall–Kier alpha value is -3.42. The van der Waals surface area contributed by atoms with Gasteiger partial charge in [0.1, 0.15) is 8.07 Å². The topological polar surface area (TPSA) is 0 Å². The van der Waals surface area contributed by atoms with Gasteiger partial charge in [0.15, 0.2) is 0 Å². The second-order valence-electron chi connectivity index (χ2n) is 9.40. The van der Waals surface area contributed by atoms with Gasteiger partial charge in [0.2, 0.25) is 0 Å². The third kappa shape index (κ3) is 2.96. The highest BCUT2D eigenvalue weighted by Crippen LogP contribution is 2.40. The van der Waals surface area contributed by atoms with Crippen molar-refractivity contribution < 1.29 is 0 Å². The van der Waals surface area contributed by atoms with E-state index in [-0.39, 0.29) is 0 Å². The van der Waals surface area contributed by atoms with Crippen LogP contribution in [0.5, 0.6) is 0 Å². The summed E-state index contributed by atoms with van der Waals surface area (Å²) in [7, 11) is -2.18. The van der Waals surface area contributed by atoms with Crippen LogP contribution in [0, 0.1) is 0 Å². The van der Waals surface area contributed by atoms with Crippen molar-refractivity contribution in [1.29, 1.82) is 0 Å². The van der Waals surface area contributed by atoms with Gasteiger partial charge >= 0.3 is 0 Å². The lowest BCUT2D eigenvalue weighted by molar-refractivity contribution is 1.26. The van der Waals surface area contributed by atoms with Crippen molar-refractivity contribution in [3.8, 4) is 22.3 Å². The monoisotopic (exact) mass is 440 g/mol. The third-order valence-corrected chi connectivity index (χ3v) is 12.7. The summed E-state index contributed by atoms with van der Waals surface area (Å²) < 4.78 is 0. The van der Waals surface area contributed by atoms with E-state index >= 15 is 0 Å². The minimum Gasteiger partial charge on any atom is -0.103 e. The number of allylic oxidation sites excluding steroid dienone is 2. The molecule has 0 radical (unpaired) electrons. The van der Waals surface area contributed by atoms with Crippen molar-refractivity contribution in [3.05, 3.63) is 132 Å². The molecule has 2 aliphatic carbocycles. The van der Waals surface area contributed by atoms with Crippen LogP contribution in [0.1, 0.15) is 22.3 Å². The number of hydrogen-bond acceptors (Lipinski definition) is 0. The molecule has 160 valence electrons. The first kappa shape index (κ1) is 20.2. The van der Waals surface area contributed by atoms with Crippen LogP contribution in [0.2, 0.25) is 12.1 Å². The summed E-state index contributed by atoms with van der Waals surface area (Å²) in [5.41, 5.74) is 11.6. The Morgan fingerprint density at radius 2 is 0.970 bits per heavy atom. The zero-order chi connectivity index (χ0) is 22.4. The highest BCUT2D eigenvalue weighted by Gasteiger charge is 2.41. The first-order chi connectivity index (χ1) is 16.3. The lowest BCUT2D eigenvalue weighted by atomic mass is 10.1. The smallest absolute Gasteiger partial charge is 0.103 e. The molecule has 0 atom stereocenters. The van der Waals surface area contributed by atoms with E-state index in [1.54, 1.807) is 10.4 Å². The average Bonchev–Trinajstić information content (AvgIpc) is 3.42. The summed E-state index contributed by atoms with van der Waals surface area (Å²) in [6, 6.07) is 33.9. The Bertz CT molecular complexity index is 1300. The molecule has 2 aliphatic rings. The Morgan fingerprint density at radius 1 is 0.545 bits per heavy atom. The highest BCUT2D eigenvalue weighted by molar-refractivity contribution is 7.03. The molecule has 0 amide bonds. The van der Waals surface area contributed by atoms with E-state index in [4.69, 9.17) is 0 Å². The van der Waals surface area contributed by atoms with Gasteiger partial charge in [0.05, 0.1) is 0 Å². The molecule has 0 nitrogen and oxygen atoms in total. The van der Waals surface area contributed by atoms with Crippen LogP contribution in [0.15, 0.2) is 110 Å². The van der Waals surface area contributed by atoms with Crippen molar-refractivity contribution in [3.63, 3.8) is 0 Å². The molecule has 0 unspecified atom stereocenters. The zero-order valence-electron chi connectivity index (χ0n) is 19.0. The van der Waals surface area contributed by atoms with Gasteiger partial charge in [-0.25, -0.2) is 0 Å². The van der Waals surface area contributed by atoms with E-state index < -0.39 is 8.07 Å². The summed E-state index contributed by atoms with van der Waals surface area (Å²) in [5.74, 6) is 0. The maximum Gasteiger partial charge on any atom is 0.126 e. The van der Waals surface area contributed by atoms with Crippen LogP contribution < -0.4 is 10.4 Å². The molecule has 0 aliphatic heterocycles. The molecule has 0 N–H and O–H groups in total. The van der Waals surface area contributed by atoms with Crippen LogP contribution in [0.25, 0.3) is 22.3 Å². The largest absolute Gasteiger partial charge is 0.126 e. The van der Waals surface area contributed by atoms with Gasteiger partial charge in [-0.15, -0.1) is 13.2 Å². The summed E-state index contributed by atoms with van der Waals surface area (Å²) in [6.07, 6.45) is 6.39. The Morgan fingerprint density at radius 3 is 1.42 bits per heavy atom. The van der Waals surface area contributed by atoms with Crippen LogP contribution in [-0.4, -0.2) is 8.07 Å². The van der Waals surface area contributed by atoms with Crippen molar-refractivity contribution in [2.24, 2.45) is 0 Å². The molecule has 4 aromatic carbocycles. The van der Waals surface area contributed by atoms with Gasteiger partial charge in [-0.1, -0.05) is 97.1 Å². The number of rotatable bonds is 6. The van der Waals surface area contributed by atoms with E-state index in [0.29, 0.717) is 0 Å². The fourth-order valence-corrected chi connectivity index (χ4v) is 11.1. The van der Waals surface area contributed by atoms with Gasteiger partial charge in [-0.05, 0) is 79.8 Å². The van der Waals surface area contributed by atoms with Crippen LogP contribution in [0.4, 0.5) is 0 Å². The molecule has 0 spiro atoms. The van der Waals surface area contributed by atoms with Gasteiger partial charge in [0, 0.05) is 0 Å². The van der Waals surface area contributed by atoms with Crippen molar-refractivity contribution in [1.82, 2.24) is 0 Å². The molecule has 0 heterocycles. The zero-order valence-corrected chi connectivity index (χ0v) is 20.0. The lowest BCUT2D eigenvalue weighted by Gasteiger charge is -2.35. The molecule has 0 saturated heterocycles. The molecule has 4 aromatic rings. The Kier molecular flexibility index (Phi) is 4.81. The first-order valence-corrected chi connectivity index (χ1v) is 14.3. The third-order valence-electron chi connectivity index (χ3n) is 7.72. The van der Waals surface area contributed by atoms with Gasteiger partial charge < -0.3 is 0 Å². The van der Waals surface area contributed by atoms with E-state index in [1.165, 1.54) is 44.5 Å². The quantitative estimate of drug-likeness (QED) is 0.198. The molecule has 6 rings (SSSR count). The highest BCUT2D eigenvalue weighted by atomic mass is 28.3. The van der Waals surface area contributed by atoms with Crippen LogP contribution >= 0.6 is 0 Å². The fraction of sp³-hybridized carbons (Fsp3) is 0.125. The van der Waals surface area contributed by atoms with E-state index in [2.05, 4.69) is 110 Å². The minimum absolute atomic E-state index is 1.03. The van der Waals surface area contributed by atoms with E-state index in [9.17, 15) is 0 Å². The summed E-state index contributed by atoms with van der Waals surface area (Å²) in [6.45, 7) is 8.49. The number of hydrogen-bond donors (Lipinski definition) is 0. The summed E-state index contributed by atoms with van der Waals surface area (Å²) in [4.78, 5) is 0. The second-order valence-corrected chi connectivity index (χ2v) is 13.5. The Balaban J connectivity index is 1.61. The van der Waals surface area contributed by atoms with Crippen LogP contribution in [0.3, 0.4) is 0 Å². The molecule has 0 saturated carbocycles. The molecule has 1 heteroatoms. The molecule has 0 fully saturated rings. The summed E-state index contributed by atoms with van der Waals surface area (Å²) >= 11 is 0. The van der Waals surface area contributed by atoms with Crippen molar-refractivity contribution in [2.75, 3.05) is 0 Å². The molecule has 33 heavy (non-hydrogen) atoms. The van der Waals surface area contributed by atoms with Gasteiger partial charge in [-0.2, -0.15) is 0 Å². The average molecular weight is 441 g/mol. The summed E-state index contributed by atoms with van der Waals surface area (Å²) in [5, 5.41) is 3.14. The molecular formula is C32H28Si. The SMILES string of the molecule is C=CC[Si](CC=C)(c1cccc2c1Cc1ccccc1-2)c1cccc2c1Cc1ccccc1-2. The molecular weight excluding hydrogens is 412 g/mol. The molecule has 0 aromatic heterocycles. The normalized spacial score (nSPS) is 13.1. The predicted molar refractivity (Wildman–Crippen MR) is 144 cm³/mol. The Labute approximate surface area is 198 Å². The lowest BCUT2D eigenvalue weighted by Crippen LogP contribution is -2.59. The van der Waals surface area contributed by atoms with Crippen LogP contribution in [-0.2, 0) is 12.8 Å². The predicted octanol–water partition coefficient (Wildman–Crippen LogP) is 6.76. The van der Waals surface area contributed by atoms with Crippen molar-refractivity contribution >= 4 is 18.4 Å². The first-order valence-electron chi connectivity index (χ1n) is 11.9. The fourth-order valence-electron chi connectivity index (χ4n) is 6.37. The van der Waals surface area contributed by atoms with E-state index in [0.717, 1.165) is 24.9 Å². The van der Waals surface area contributed by atoms with Gasteiger partial charge in [0.25, 0.3) is 0 Å². The number of benzene rings is 4. The second kappa shape index (κ2) is 7.86. The maximum absolute atomic E-state index is 4.25.